The highest BCUT2D eigenvalue weighted by Gasteiger charge is 2.34. The van der Waals surface area contributed by atoms with Gasteiger partial charge in [0.15, 0.2) is 17.4 Å². The number of benzene rings is 2. The molecular weight excluding hydrogens is 813 g/mol. The second kappa shape index (κ2) is 16.1. The van der Waals surface area contributed by atoms with E-state index in [4.69, 9.17) is 4.74 Å². The lowest BCUT2D eigenvalue weighted by Gasteiger charge is -2.38. The van der Waals surface area contributed by atoms with Crippen LogP contribution in [0.5, 0.6) is 5.75 Å². The smallest absolute Gasteiger partial charge is 0.329 e. The molecule has 3 aliphatic heterocycles. The molecule has 3 fully saturated rings. The van der Waals surface area contributed by atoms with Gasteiger partial charge in [0.25, 0.3) is 0 Å². The summed E-state index contributed by atoms with van der Waals surface area (Å²) in [6.07, 6.45) is 7.67. The molecule has 3 saturated heterocycles. The van der Waals surface area contributed by atoms with E-state index in [1.807, 2.05) is 13.8 Å². The fourth-order valence-electron chi connectivity index (χ4n) is 8.64. The van der Waals surface area contributed by atoms with Crippen molar-refractivity contribution in [3.05, 3.63) is 66.3 Å². The molecule has 9 rings (SSSR count). The van der Waals surface area contributed by atoms with Crippen molar-refractivity contribution in [2.75, 3.05) is 49.5 Å². The number of nitrogens with one attached hydrogen (secondary N) is 3. The number of rotatable bonds is 11. The lowest BCUT2D eigenvalue weighted by Crippen LogP contribution is -2.49. The predicted molar refractivity (Wildman–Crippen MR) is 220 cm³/mol. The van der Waals surface area contributed by atoms with Crippen LogP contribution in [0.3, 0.4) is 0 Å². The van der Waals surface area contributed by atoms with Crippen molar-refractivity contribution < 1.29 is 31.5 Å². The van der Waals surface area contributed by atoms with E-state index >= 15 is 8.78 Å². The normalized spacial score (nSPS) is 18.7. The molecule has 0 spiro atoms. The molecule has 0 aliphatic carbocycles. The van der Waals surface area contributed by atoms with Crippen LogP contribution in [0.4, 0.5) is 31.0 Å². The van der Waals surface area contributed by atoms with Gasteiger partial charge in [0.1, 0.15) is 23.4 Å². The molecule has 3 amide bonds. The van der Waals surface area contributed by atoms with Crippen LogP contribution in [-0.4, -0.2) is 114 Å². The summed E-state index contributed by atoms with van der Waals surface area (Å²) in [6, 6.07) is 6.76. The van der Waals surface area contributed by atoms with Gasteiger partial charge < -0.3 is 15.0 Å². The van der Waals surface area contributed by atoms with Gasteiger partial charge in [0, 0.05) is 56.8 Å². The fraction of sp³-hybridized carbons (Fsp3) is 0.425. The maximum atomic E-state index is 16.2. The Bertz CT molecular complexity index is 2750. The van der Waals surface area contributed by atoms with E-state index in [1.165, 1.54) is 36.9 Å². The van der Waals surface area contributed by atoms with Crippen molar-refractivity contribution in [1.82, 2.24) is 54.1 Å². The average Bonchev–Trinajstić information content (AvgIpc) is 3.99. The second-order valence-corrected chi connectivity index (χ2v) is 18.0. The van der Waals surface area contributed by atoms with Gasteiger partial charge in [-0.15, -0.1) is 5.10 Å². The summed E-state index contributed by atoms with van der Waals surface area (Å²) in [7, 11) is -2.36. The van der Waals surface area contributed by atoms with Crippen LogP contribution in [0.1, 0.15) is 57.4 Å². The van der Waals surface area contributed by atoms with Crippen molar-refractivity contribution in [3.8, 4) is 17.0 Å². The predicted octanol–water partition coefficient (Wildman–Crippen LogP) is 4.94. The first kappa shape index (κ1) is 40.4. The number of ether oxygens (including phenoxy) is 1. The summed E-state index contributed by atoms with van der Waals surface area (Å²) < 4.78 is 69.9. The fourth-order valence-corrected chi connectivity index (χ4v) is 10.2. The number of halogens is 2. The second-order valence-electron chi connectivity index (χ2n) is 16.1. The maximum Gasteiger partial charge on any atom is 0.329 e. The molecule has 0 saturated carbocycles. The van der Waals surface area contributed by atoms with Crippen LogP contribution >= 0.6 is 0 Å². The van der Waals surface area contributed by atoms with Crippen LogP contribution in [-0.2, 0) is 21.9 Å². The summed E-state index contributed by atoms with van der Waals surface area (Å²) in [5.74, 6) is -0.696. The molecule has 320 valence electrons. The van der Waals surface area contributed by atoms with Gasteiger partial charge in [-0.2, -0.15) is 24.0 Å². The van der Waals surface area contributed by atoms with E-state index in [1.54, 1.807) is 31.6 Å². The third kappa shape index (κ3) is 7.76. The number of aromatic amines is 1. The molecule has 4 aromatic heterocycles. The molecule has 0 radical (unpaired) electrons. The zero-order chi connectivity index (χ0) is 42.6. The number of carbonyl (C=O) groups excluding carboxylic acids is 2. The Kier molecular flexibility index (Phi) is 10.6. The molecule has 1 unspecified atom stereocenters. The quantitative estimate of drug-likeness (QED) is 0.159. The Hall–Kier alpha value is -6.06. The molecule has 1 atom stereocenters. The molecule has 0 bridgehead atoms. The first-order valence-electron chi connectivity index (χ1n) is 20.3. The van der Waals surface area contributed by atoms with E-state index in [0.29, 0.717) is 71.0 Å². The first-order valence-corrected chi connectivity index (χ1v) is 21.7. The van der Waals surface area contributed by atoms with Crippen LogP contribution in [0.15, 0.2) is 53.9 Å². The van der Waals surface area contributed by atoms with Gasteiger partial charge in [0.05, 0.1) is 22.9 Å². The Morgan fingerprint density at radius 1 is 1.03 bits per heavy atom. The SMILES string of the molecule is CC(C)Oc1c(-c2cn[nH]c2)ncn2nc(Nc3ccc(S(=O)(=O)N4CCCC(CN5CCC(c6ccc7c(N8CCC(=O)NC8=O)nn(C)c7c6F)CC5)C4)cc3F)nc12. The number of urea groups is 1. The van der Waals surface area contributed by atoms with Gasteiger partial charge >= 0.3 is 6.03 Å². The summed E-state index contributed by atoms with van der Waals surface area (Å²) in [6.45, 7) is 6.69. The zero-order valence-electron chi connectivity index (χ0n) is 33.8. The lowest BCUT2D eigenvalue weighted by atomic mass is 9.87. The number of anilines is 3. The molecule has 18 nitrogen and oxygen atoms in total. The Morgan fingerprint density at radius 2 is 1.85 bits per heavy atom. The number of carbonyl (C=O) groups is 2. The summed E-state index contributed by atoms with van der Waals surface area (Å²) in [4.78, 5) is 36.7. The number of sulfonamides is 1. The third-order valence-corrected chi connectivity index (χ3v) is 13.4. The standard InChI is InChI=1S/C40H45F2N13O5S/c1-23(2)60-36-34(26-18-44-45-19-26)43-22-55-38(36)48-39(50-55)46-31-9-6-27(17-30(31)41)61(58,59)53-13-4-5-24(21-53)20-52-14-10-25(11-15-52)28-7-8-29-35(33(28)42)51(3)49-37(29)54-16-12-32(56)47-40(54)57/h6-9,17-19,22-25H,4-5,10-16,20-21H2,1-3H3,(H,44,45)(H,46,50)(H,47,56,57). The van der Waals surface area contributed by atoms with Crippen LogP contribution in [0.2, 0.25) is 0 Å². The lowest BCUT2D eigenvalue weighted by molar-refractivity contribution is -0.120. The minimum atomic E-state index is -4.00. The topological polar surface area (TPSA) is 201 Å². The van der Waals surface area contributed by atoms with Gasteiger partial charge in [-0.05, 0) is 94.3 Å². The van der Waals surface area contributed by atoms with Gasteiger partial charge in [-0.3, -0.25) is 24.8 Å². The zero-order valence-corrected chi connectivity index (χ0v) is 34.6. The molecule has 61 heavy (non-hydrogen) atoms. The van der Waals surface area contributed by atoms with Crippen molar-refractivity contribution in [2.24, 2.45) is 13.0 Å². The Balaban J connectivity index is 0.831. The Labute approximate surface area is 349 Å². The van der Waals surface area contributed by atoms with Crippen LogP contribution in [0.25, 0.3) is 27.8 Å². The molecule has 21 heteroatoms. The molecule has 3 aliphatic rings. The number of imide groups is 1. The van der Waals surface area contributed by atoms with Gasteiger partial charge in [0.2, 0.25) is 27.5 Å². The van der Waals surface area contributed by atoms with E-state index in [-0.39, 0.29) is 59.2 Å². The van der Waals surface area contributed by atoms with E-state index in [9.17, 15) is 18.0 Å². The highest BCUT2D eigenvalue weighted by atomic mass is 32.2. The summed E-state index contributed by atoms with van der Waals surface area (Å²) >= 11 is 0. The molecular formula is C40H45F2N13O5S. The number of aromatic nitrogens is 8. The van der Waals surface area contributed by atoms with Crippen LogP contribution in [0, 0.1) is 17.6 Å². The van der Waals surface area contributed by atoms with Crippen molar-refractivity contribution in [1.29, 1.82) is 0 Å². The molecule has 7 heterocycles. The number of H-pyrrole nitrogens is 1. The summed E-state index contributed by atoms with van der Waals surface area (Å²) in [5, 5.41) is 21.3. The third-order valence-electron chi connectivity index (χ3n) is 11.6. The van der Waals surface area contributed by atoms with Gasteiger partial charge in [-0.1, -0.05) is 6.07 Å². The number of fused-ring (bicyclic) bond motifs is 2. The number of hydrogen-bond donors (Lipinski definition) is 3. The molecule has 3 N–H and O–H groups in total. The maximum absolute atomic E-state index is 16.2. The highest BCUT2D eigenvalue weighted by Crippen LogP contribution is 2.37. The summed E-state index contributed by atoms with van der Waals surface area (Å²) in [5.41, 5.74) is 2.46. The average molecular weight is 858 g/mol. The van der Waals surface area contributed by atoms with Crippen molar-refractivity contribution in [3.63, 3.8) is 0 Å². The number of nitrogens with zero attached hydrogens (tertiary/aromatic N) is 10. The monoisotopic (exact) mass is 857 g/mol. The minimum Gasteiger partial charge on any atom is -0.485 e. The molecule has 6 aromatic rings. The van der Waals surface area contributed by atoms with E-state index in [2.05, 4.69) is 45.9 Å². The highest BCUT2D eigenvalue weighted by molar-refractivity contribution is 7.89. The van der Waals surface area contributed by atoms with E-state index in [0.717, 1.165) is 38.4 Å². The van der Waals surface area contributed by atoms with Crippen molar-refractivity contribution >= 4 is 56.0 Å². The number of likely N-dealkylation sites (tertiary alicyclic amines) is 1. The van der Waals surface area contributed by atoms with Crippen LogP contribution < -0.4 is 20.3 Å². The number of amides is 3. The van der Waals surface area contributed by atoms with E-state index < -0.39 is 21.9 Å². The Morgan fingerprint density at radius 3 is 2.59 bits per heavy atom. The number of piperidine rings is 2. The minimum absolute atomic E-state index is 0.000713. The van der Waals surface area contributed by atoms with Gasteiger partial charge in [-0.25, -0.2) is 27.0 Å². The number of aryl methyl sites for hydroxylation is 1. The first-order chi connectivity index (χ1) is 29.3. The number of hydrogen-bond acceptors (Lipinski definition) is 12. The molecule has 2 aromatic carbocycles. The van der Waals surface area contributed by atoms with Crippen molar-refractivity contribution in [2.45, 2.75) is 62.9 Å². The largest absolute Gasteiger partial charge is 0.485 e.